The highest BCUT2D eigenvalue weighted by Crippen LogP contribution is 2.60. The van der Waals surface area contributed by atoms with Gasteiger partial charge in [0.2, 0.25) is 0 Å². The van der Waals surface area contributed by atoms with Crippen LogP contribution in [-0.4, -0.2) is 41.9 Å². The third-order valence-electron chi connectivity index (χ3n) is 12.7. The molecule has 3 aliphatic carbocycles. The maximum Gasteiger partial charge on any atom is 0.305 e. The quantitative estimate of drug-likeness (QED) is 0.175. The van der Waals surface area contributed by atoms with Gasteiger partial charge in [-0.1, -0.05) is 79.7 Å². The van der Waals surface area contributed by atoms with Crippen molar-refractivity contribution in [3.05, 3.63) is 35.5 Å². The van der Waals surface area contributed by atoms with Gasteiger partial charge in [0.25, 0.3) is 0 Å². The third kappa shape index (κ3) is 8.49. The number of fused-ring (bicyclic) bond motifs is 1. The van der Waals surface area contributed by atoms with Crippen molar-refractivity contribution in [2.24, 2.45) is 23.2 Å². The first kappa shape index (κ1) is 37.5. The van der Waals surface area contributed by atoms with E-state index in [9.17, 15) is 4.79 Å². The molecule has 0 aromatic rings. The van der Waals surface area contributed by atoms with Gasteiger partial charge in [0.1, 0.15) is 0 Å². The molecule has 0 heterocycles. The molecule has 0 aromatic carbocycles. The van der Waals surface area contributed by atoms with E-state index in [1.54, 1.807) is 5.57 Å². The van der Waals surface area contributed by atoms with Crippen LogP contribution < -0.4 is 0 Å². The summed E-state index contributed by atoms with van der Waals surface area (Å²) in [5, 5.41) is 0.319. The van der Waals surface area contributed by atoms with Crippen LogP contribution in [0.5, 0.6) is 0 Å². The van der Waals surface area contributed by atoms with Gasteiger partial charge in [-0.3, -0.25) is 4.79 Å². The largest absolute Gasteiger partial charge is 0.469 e. The highest BCUT2D eigenvalue weighted by atomic mass is 28.4. The summed E-state index contributed by atoms with van der Waals surface area (Å²) in [6.45, 7) is 33.1. The Hall–Kier alpha value is -0.956. The summed E-state index contributed by atoms with van der Waals surface area (Å²) in [6, 6.07) is 0. The number of hydrogen-bond acceptors (Lipinski definition) is 4. The lowest BCUT2D eigenvalue weighted by molar-refractivity contribution is -0.140. The molecule has 0 saturated heterocycles. The van der Waals surface area contributed by atoms with Crippen molar-refractivity contribution in [1.82, 2.24) is 0 Å². The van der Waals surface area contributed by atoms with E-state index in [1.807, 2.05) is 0 Å². The van der Waals surface area contributed by atoms with Gasteiger partial charge in [0.15, 0.2) is 16.6 Å². The number of esters is 1. The fraction of sp³-hybridized carbons (Fsp3) is 0.816. The number of rotatable bonds is 10. The molecule has 6 heteroatoms. The zero-order valence-electron chi connectivity index (χ0n) is 31.0. The fourth-order valence-electron chi connectivity index (χ4n) is 7.85. The molecule has 3 fully saturated rings. The monoisotopic (exact) mass is 644 g/mol. The minimum absolute atomic E-state index is 0.0161. The Morgan fingerprint density at radius 2 is 1.64 bits per heavy atom. The van der Waals surface area contributed by atoms with Crippen LogP contribution in [0.4, 0.5) is 0 Å². The van der Waals surface area contributed by atoms with Gasteiger partial charge in [-0.2, -0.15) is 0 Å². The standard InChI is InChI=1S/C38H68O4Si2/c1-27(17-15-19-35(39)40-10)32-22-23-33-29(18-16-24-38(32,33)9)20-21-30-25-31(41-43(11,12)36(3,4)5)26-34(28(30)2)42-44(13,14)37(6,7)8/h20-21,27,31-34H,2,15-19,22-26H2,1,3-14H3/b29-20+,30-21+/t27-,31+,32-,33+,34+,38-/m1/s1. The third-order valence-corrected chi connectivity index (χ3v) is 21.7. The normalized spacial score (nSPS) is 31.3. The van der Waals surface area contributed by atoms with Crippen LogP contribution in [0.1, 0.15) is 120 Å². The fourth-order valence-corrected chi connectivity index (χ4v) is 10.5. The number of hydrogen-bond donors (Lipinski definition) is 0. The van der Waals surface area contributed by atoms with Gasteiger partial charge in [0, 0.05) is 12.8 Å². The van der Waals surface area contributed by atoms with Gasteiger partial charge in [-0.15, -0.1) is 0 Å². The van der Waals surface area contributed by atoms with Gasteiger partial charge in [-0.05, 0) is 122 Å². The lowest BCUT2D eigenvalue weighted by Crippen LogP contribution is -2.49. The molecular formula is C38H68O4Si2. The summed E-state index contributed by atoms with van der Waals surface area (Å²) in [4.78, 5) is 11.7. The highest BCUT2D eigenvalue weighted by Gasteiger charge is 2.50. The lowest BCUT2D eigenvalue weighted by atomic mass is 9.60. The topological polar surface area (TPSA) is 44.8 Å². The van der Waals surface area contributed by atoms with Crippen molar-refractivity contribution in [1.29, 1.82) is 0 Å². The SMILES string of the molecule is C=C1/C(=C/C=C2\CCC[C@]3(C)[C@@H]([C@H](C)CCCC(=O)OC)CC[C@@H]23)C[C@H](O[Si](C)(C)C(C)(C)C)C[C@@H]1O[Si](C)(C)C(C)(C)C. The summed E-state index contributed by atoms with van der Waals surface area (Å²) in [6.07, 6.45) is 15.9. The second kappa shape index (κ2) is 14.0. The van der Waals surface area contributed by atoms with Crippen molar-refractivity contribution < 1.29 is 18.4 Å². The molecule has 0 aliphatic heterocycles. The van der Waals surface area contributed by atoms with E-state index in [-0.39, 0.29) is 28.3 Å². The smallest absolute Gasteiger partial charge is 0.305 e. The first-order chi connectivity index (χ1) is 20.1. The number of carbonyl (C=O) groups excluding carboxylic acids is 1. The average molecular weight is 645 g/mol. The summed E-state index contributed by atoms with van der Waals surface area (Å²) in [5.41, 5.74) is 4.48. The zero-order chi connectivity index (χ0) is 33.3. The summed E-state index contributed by atoms with van der Waals surface area (Å²) in [5.74, 6) is 1.92. The molecule has 0 amide bonds. The first-order valence-corrected chi connectivity index (χ1v) is 23.5. The molecule has 0 N–H and O–H groups in total. The van der Waals surface area contributed by atoms with Crippen LogP contribution in [0.2, 0.25) is 36.3 Å². The molecule has 3 saturated carbocycles. The Morgan fingerprint density at radius 1 is 1.02 bits per heavy atom. The van der Waals surface area contributed by atoms with E-state index in [0.717, 1.165) is 31.6 Å². The van der Waals surface area contributed by atoms with Crippen molar-refractivity contribution in [3.8, 4) is 0 Å². The molecule has 0 unspecified atom stereocenters. The maximum absolute atomic E-state index is 11.7. The van der Waals surface area contributed by atoms with Gasteiger partial charge in [-0.25, -0.2) is 0 Å². The Labute approximate surface area is 274 Å². The van der Waals surface area contributed by atoms with E-state index < -0.39 is 16.6 Å². The van der Waals surface area contributed by atoms with E-state index in [4.69, 9.17) is 13.6 Å². The van der Waals surface area contributed by atoms with Gasteiger partial charge >= 0.3 is 5.97 Å². The van der Waals surface area contributed by atoms with Crippen molar-refractivity contribution in [2.75, 3.05) is 7.11 Å². The Morgan fingerprint density at radius 3 is 2.23 bits per heavy atom. The summed E-state index contributed by atoms with van der Waals surface area (Å²) >= 11 is 0. The van der Waals surface area contributed by atoms with E-state index in [0.29, 0.717) is 23.7 Å². The van der Waals surface area contributed by atoms with E-state index in [1.165, 1.54) is 50.4 Å². The molecule has 3 aliphatic rings. The molecule has 3 rings (SSSR count). The van der Waals surface area contributed by atoms with Gasteiger partial charge in [0.05, 0.1) is 19.3 Å². The molecular weight excluding hydrogens is 577 g/mol. The van der Waals surface area contributed by atoms with E-state index in [2.05, 4.69) is 100 Å². The molecule has 6 atom stereocenters. The average Bonchev–Trinajstić information content (AvgIpc) is 3.25. The van der Waals surface area contributed by atoms with Crippen molar-refractivity contribution in [3.63, 3.8) is 0 Å². The predicted molar refractivity (Wildman–Crippen MR) is 192 cm³/mol. The van der Waals surface area contributed by atoms with E-state index >= 15 is 0 Å². The Kier molecular flexibility index (Phi) is 12.0. The molecule has 44 heavy (non-hydrogen) atoms. The van der Waals surface area contributed by atoms with Crippen LogP contribution >= 0.6 is 0 Å². The number of carbonyl (C=O) groups is 1. The van der Waals surface area contributed by atoms with Crippen LogP contribution in [0.15, 0.2) is 35.5 Å². The number of ether oxygens (including phenoxy) is 1. The second-order valence-corrected chi connectivity index (χ2v) is 27.3. The Bertz CT molecular complexity index is 1090. The van der Waals surface area contributed by atoms with Crippen LogP contribution in [0, 0.1) is 23.2 Å². The zero-order valence-corrected chi connectivity index (χ0v) is 33.0. The number of methoxy groups -OCH3 is 1. The molecule has 4 nitrogen and oxygen atoms in total. The maximum atomic E-state index is 11.7. The second-order valence-electron chi connectivity index (χ2n) is 17.8. The van der Waals surface area contributed by atoms with Crippen LogP contribution in [-0.2, 0) is 18.4 Å². The summed E-state index contributed by atoms with van der Waals surface area (Å²) < 4.78 is 19.0. The van der Waals surface area contributed by atoms with Crippen LogP contribution in [0.3, 0.4) is 0 Å². The predicted octanol–water partition coefficient (Wildman–Crippen LogP) is 11.2. The first-order valence-electron chi connectivity index (χ1n) is 17.6. The number of allylic oxidation sites excluding steroid dienone is 3. The molecule has 0 aromatic heterocycles. The summed E-state index contributed by atoms with van der Waals surface area (Å²) in [7, 11) is -2.42. The molecule has 252 valence electrons. The molecule has 0 radical (unpaired) electrons. The Balaban J connectivity index is 1.86. The lowest BCUT2D eigenvalue weighted by Gasteiger charge is -2.46. The van der Waals surface area contributed by atoms with Gasteiger partial charge < -0.3 is 13.6 Å². The molecule has 0 bridgehead atoms. The van der Waals surface area contributed by atoms with Crippen molar-refractivity contribution in [2.45, 2.75) is 168 Å². The van der Waals surface area contributed by atoms with Crippen molar-refractivity contribution >= 4 is 22.6 Å². The molecule has 0 spiro atoms. The highest BCUT2D eigenvalue weighted by molar-refractivity contribution is 6.74. The van der Waals surface area contributed by atoms with Crippen LogP contribution in [0.25, 0.3) is 0 Å². The minimum atomic E-state index is -1.98. The minimum Gasteiger partial charge on any atom is -0.469 e.